The van der Waals surface area contributed by atoms with Crippen molar-refractivity contribution in [2.45, 2.75) is 12.7 Å². The summed E-state index contributed by atoms with van der Waals surface area (Å²) in [4.78, 5) is 25.1. The lowest BCUT2D eigenvalue weighted by atomic mass is 10.1. The molecule has 1 amide bonds. The third-order valence-corrected chi connectivity index (χ3v) is 5.83. The molecule has 3 rings (SSSR count). The minimum Gasteiger partial charge on any atom is -0.422 e. The van der Waals surface area contributed by atoms with Gasteiger partial charge in [-0.15, -0.1) is 0 Å². The highest BCUT2D eigenvalue weighted by molar-refractivity contribution is 7.88. The summed E-state index contributed by atoms with van der Waals surface area (Å²) in [7, 11) is -2.07. The highest BCUT2D eigenvalue weighted by Crippen LogP contribution is 2.20. The summed E-state index contributed by atoms with van der Waals surface area (Å²) in [5.41, 5.74) is 0.958. The Hall–Kier alpha value is -3.01. The number of methoxy groups -OCH3 is 1. The fourth-order valence-electron chi connectivity index (χ4n) is 3.07. The molecule has 0 aliphatic rings. The van der Waals surface area contributed by atoms with Crippen molar-refractivity contribution in [3.05, 3.63) is 75.6 Å². The lowest BCUT2D eigenvalue weighted by molar-refractivity contribution is 0.102. The number of sulfonamides is 1. The second kappa shape index (κ2) is 9.21. The third-order valence-electron chi connectivity index (χ3n) is 4.47. The van der Waals surface area contributed by atoms with Crippen molar-refractivity contribution in [2.24, 2.45) is 0 Å². The van der Waals surface area contributed by atoms with Gasteiger partial charge in [0.15, 0.2) is 0 Å². The number of ether oxygens (including phenoxy) is 1. The molecule has 30 heavy (non-hydrogen) atoms. The van der Waals surface area contributed by atoms with Crippen molar-refractivity contribution in [1.82, 2.24) is 4.72 Å². The van der Waals surface area contributed by atoms with Crippen LogP contribution in [0.15, 0.2) is 57.7 Å². The monoisotopic (exact) mass is 430 g/mol. The largest absolute Gasteiger partial charge is 0.422 e. The molecule has 0 saturated heterocycles. The van der Waals surface area contributed by atoms with Gasteiger partial charge in [-0.25, -0.2) is 17.9 Å². The van der Waals surface area contributed by atoms with Crippen LogP contribution >= 0.6 is 0 Å². The Morgan fingerprint density at radius 3 is 2.67 bits per heavy atom. The Bertz CT molecular complexity index is 1230. The Morgan fingerprint density at radius 1 is 1.13 bits per heavy atom. The molecule has 0 saturated carbocycles. The molecular formula is C21H22N2O6S. The molecule has 0 atom stereocenters. The number of benzene rings is 2. The fourth-order valence-corrected chi connectivity index (χ4v) is 4.18. The number of aryl methyl sites for hydroxylation is 1. The first-order valence-corrected chi connectivity index (χ1v) is 10.8. The van der Waals surface area contributed by atoms with Gasteiger partial charge in [-0.3, -0.25) is 4.79 Å². The van der Waals surface area contributed by atoms with E-state index in [9.17, 15) is 18.0 Å². The number of para-hydroxylation sites is 1. The zero-order valence-electron chi connectivity index (χ0n) is 16.6. The molecule has 0 aliphatic carbocycles. The van der Waals surface area contributed by atoms with E-state index >= 15 is 0 Å². The second-order valence-corrected chi connectivity index (χ2v) is 8.49. The number of fused-ring (bicyclic) bond motifs is 1. The van der Waals surface area contributed by atoms with Crippen molar-refractivity contribution in [3.63, 3.8) is 0 Å². The van der Waals surface area contributed by atoms with E-state index in [1.165, 1.54) is 7.11 Å². The van der Waals surface area contributed by atoms with Crippen LogP contribution in [-0.4, -0.2) is 34.6 Å². The van der Waals surface area contributed by atoms with Crippen LogP contribution in [0.25, 0.3) is 11.0 Å². The zero-order valence-corrected chi connectivity index (χ0v) is 17.4. The maximum Gasteiger partial charge on any atom is 0.349 e. The van der Waals surface area contributed by atoms with E-state index in [4.69, 9.17) is 9.15 Å². The molecule has 8 nitrogen and oxygen atoms in total. The molecule has 0 bridgehead atoms. The van der Waals surface area contributed by atoms with Gasteiger partial charge in [0.2, 0.25) is 10.0 Å². The van der Waals surface area contributed by atoms with Crippen LogP contribution < -0.4 is 15.7 Å². The van der Waals surface area contributed by atoms with Crippen LogP contribution in [0.2, 0.25) is 0 Å². The molecule has 3 aromatic rings. The first-order valence-electron chi connectivity index (χ1n) is 9.20. The van der Waals surface area contributed by atoms with Crippen LogP contribution in [0.4, 0.5) is 5.69 Å². The summed E-state index contributed by atoms with van der Waals surface area (Å²) in [5, 5.41) is 3.32. The van der Waals surface area contributed by atoms with Crippen molar-refractivity contribution in [1.29, 1.82) is 0 Å². The number of hydrogen-bond donors (Lipinski definition) is 2. The van der Waals surface area contributed by atoms with E-state index in [0.717, 1.165) is 0 Å². The van der Waals surface area contributed by atoms with Crippen molar-refractivity contribution in [3.8, 4) is 0 Å². The average Bonchev–Trinajstić information content (AvgIpc) is 2.68. The predicted molar refractivity (Wildman–Crippen MR) is 114 cm³/mol. The van der Waals surface area contributed by atoms with Crippen LogP contribution in [0.3, 0.4) is 0 Å². The lowest BCUT2D eigenvalue weighted by Crippen LogP contribution is -2.28. The van der Waals surface area contributed by atoms with Gasteiger partial charge in [-0.1, -0.05) is 30.3 Å². The van der Waals surface area contributed by atoms with E-state index in [0.29, 0.717) is 27.8 Å². The standard InChI is InChI=1S/C21H22N2O6S/c1-14-17-8-3-4-9-18(17)29-21(25)19(14)20(24)23-16-7-5-6-15(12-16)13-30(26,27)22-10-11-28-2/h3-9,12,22H,10-11,13H2,1-2H3,(H,23,24). The topological polar surface area (TPSA) is 115 Å². The minimum absolute atomic E-state index is 0.0899. The predicted octanol–water partition coefficient (Wildman–Crippen LogP) is 2.42. The van der Waals surface area contributed by atoms with Crippen LogP contribution in [0, 0.1) is 6.92 Å². The fraction of sp³-hybridized carbons (Fsp3) is 0.238. The summed E-state index contributed by atoms with van der Waals surface area (Å²) < 4.78 is 36.8. The highest BCUT2D eigenvalue weighted by Gasteiger charge is 2.19. The molecule has 0 spiro atoms. The van der Waals surface area contributed by atoms with Crippen LogP contribution in [0.5, 0.6) is 0 Å². The van der Waals surface area contributed by atoms with Gasteiger partial charge in [0.05, 0.1) is 12.4 Å². The van der Waals surface area contributed by atoms with Gasteiger partial charge in [0, 0.05) is 24.7 Å². The van der Waals surface area contributed by atoms with Gasteiger partial charge in [-0.05, 0) is 36.2 Å². The molecule has 9 heteroatoms. The Kier molecular flexibility index (Phi) is 6.66. The summed E-state index contributed by atoms with van der Waals surface area (Å²) in [5.74, 6) is -0.873. The molecule has 0 radical (unpaired) electrons. The van der Waals surface area contributed by atoms with Crippen molar-refractivity contribution in [2.75, 3.05) is 25.6 Å². The molecule has 0 aliphatic heterocycles. The molecule has 2 aromatic carbocycles. The van der Waals surface area contributed by atoms with E-state index in [-0.39, 0.29) is 24.5 Å². The SMILES string of the molecule is COCCNS(=O)(=O)Cc1cccc(NC(=O)c2c(C)c3ccccc3oc2=O)c1. The van der Waals surface area contributed by atoms with Gasteiger partial charge in [-0.2, -0.15) is 0 Å². The minimum atomic E-state index is -3.55. The number of amides is 1. The van der Waals surface area contributed by atoms with Crippen LogP contribution in [0.1, 0.15) is 21.5 Å². The zero-order chi connectivity index (χ0) is 21.7. The van der Waals surface area contributed by atoms with Gasteiger partial charge < -0.3 is 14.5 Å². The van der Waals surface area contributed by atoms with Crippen molar-refractivity contribution >= 4 is 32.6 Å². The number of rotatable bonds is 8. The molecular weight excluding hydrogens is 408 g/mol. The van der Waals surface area contributed by atoms with Crippen LogP contribution in [-0.2, 0) is 20.5 Å². The van der Waals surface area contributed by atoms with Gasteiger partial charge in [0.25, 0.3) is 5.91 Å². The van der Waals surface area contributed by atoms with Gasteiger partial charge in [0.1, 0.15) is 11.1 Å². The number of carbonyl (C=O) groups is 1. The Balaban J connectivity index is 1.81. The maximum absolute atomic E-state index is 12.8. The molecule has 0 unspecified atom stereocenters. The van der Waals surface area contributed by atoms with Gasteiger partial charge >= 0.3 is 5.63 Å². The molecule has 1 aromatic heterocycles. The summed E-state index contributed by atoms with van der Waals surface area (Å²) >= 11 is 0. The first-order chi connectivity index (χ1) is 14.3. The molecule has 158 valence electrons. The quantitative estimate of drug-likeness (QED) is 0.419. The highest BCUT2D eigenvalue weighted by atomic mass is 32.2. The second-order valence-electron chi connectivity index (χ2n) is 6.69. The molecule has 2 N–H and O–H groups in total. The number of hydrogen-bond acceptors (Lipinski definition) is 6. The van der Waals surface area contributed by atoms with E-state index in [2.05, 4.69) is 10.0 Å². The Labute approximate surface area is 173 Å². The summed E-state index contributed by atoms with van der Waals surface area (Å²) in [6, 6.07) is 13.4. The van der Waals surface area contributed by atoms with E-state index < -0.39 is 21.6 Å². The summed E-state index contributed by atoms with van der Waals surface area (Å²) in [6.07, 6.45) is 0. The van der Waals surface area contributed by atoms with Crippen molar-refractivity contribution < 1.29 is 22.4 Å². The number of nitrogens with one attached hydrogen (secondary N) is 2. The first kappa shape index (κ1) is 21.7. The lowest BCUT2D eigenvalue weighted by Gasteiger charge is -2.10. The molecule has 0 fully saturated rings. The normalized spacial score (nSPS) is 11.5. The van der Waals surface area contributed by atoms with E-state index in [1.807, 2.05) is 0 Å². The smallest absolute Gasteiger partial charge is 0.349 e. The third kappa shape index (κ3) is 5.12. The van der Waals surface area contributed by atoms with E-state index in [1.54, 1.807) is 55.5 Å². The number of carbonyl (C=O) groups excluding carboxylic acids is 1. The Morgan fingerprint density at radius 2 is 1.90 bits per heavy atom. The number of anilines is 1. The molecule has 1 heterocycles. The average molecular weight is 430 g/mol. The maximum atomic E-state index is 12.8. The summed E-state index contributed by atoms with van der Waals surface area (Å²) in [6.45, 7) is 2.12.